The van der Waals surface area contributed by atoms with Gasteiger partial charge in [-0.3, -0.25) is 4.79 Å². The summed E-state index contributed by atoms with van der Waals surface area (Å²) in [7, 11) is -3.03. The van der Waals surface area contributed by atoms with Gasteiger partial charge in [-0.1, -0.05) is 0 Å². The Hall–Kier alpha value is -0.660. The van der Waals surface area contributed by atoms with Crippen LogP contribution in [0.5, 0.6) is 0 Å². The standard InChI is InChI=1S/C13H21NO5S/c15-12(10-4-8-20(16,17)9-10)14-5-2-1-3-11(14)13-18-6-7-19-13/h10-11,13H,1-9H2. The van der Waals surface area contributed by atoms with Gasteiger partial charge in [0.2, 0.25) is 5.91 Å². The monoisotopic (exact) mass is 303 g/mol. The molecule has 3 fully saturated rings. The smallest absolute Gasteiger partial charge is 0.227 e. The Balaban J connectivity index is 1.71. The molecule has 3 aliphatic heterocycles. The molecule has 3 aliphatic rings. The normalized spacial score (nSPS) is 34.5. The van der Waals surface area contributed by atoms with E-state index < -0.39 is 9.84 Å². The Morgan fingerprint density at radius 2 is 1.85 bits per heavy atom. The van der Waals surface area contributed by atoms with Crippen LogP contribution in [0.1, 0.15) is 25.7 Å². The Kier molecular flexibility index (Phi) is 4.01. The largest absolute Gasteiger partial charge is 0.348 e. The van der Waals surface area contributed by atoms with Gasteiger partial charge in [-0.05, 0) is 25.7 Å². The zero-order valence-corrected chi connectivity index (χ0v) is 12.3. The van der Waals surface area contributed by atoms with E-state index in [0.717, 1.165) is 19.3 Å². The lowest BCUT2D eigenvalue weighted by molar-refractivity contribution is -0.153. The second-order valence-electron chi connectivity index (χ2n) is 5.80. The first kappa shape index (κ1) is 14.3. The summed E-state index contributed by atoms with van der Waals surface area (Å²) in [4.78, 5) is 14.4. The quantitative estimate of drug-likeness (QED) is 0.727. The molecule has 1 amide bonds. The van der Waals surface area contributed by atoms with Crippen LogP contribution in [-0.4, -0.2) is 62.8 Å². The Bertz CT molecular complexity index is 471. The number of rotatable bonds is 2. The van der Waals surface area contributed by atoms with Gasteiger partial charge >= 0.3 is 0 Å². The highest BCUT2D eigenvalue weighted by molar-refractivity contribution is 7.91. The minimum atomic E-state index is -3.03. The van der Waals surface area contributed by atoms with Crippen molar-refractivity contribution in [3.63, 3.8) is 0 Å². The molecule has 3 rings (SSSR count). The summed E-state index contributed by atoms with van der Waals surface area (Å²) in [5.74, 6) is -0.267. The van der Waals surface area contributed by atoms with E-state index in [1.54, 1.807) is 0 Å². The van der Waals surface area contributed by atoms with Crippen LogP contribution in [0.3, 0.4) is 0 Å². The van der Waals surface area contributed by atoms with Crippen LogP contribution in [-0.2, 0) is 24.1 Å². The van der Waals surface area contributed by atoms with Crippen LogP contribution in [0.15, 0.2) is 0 Å². The summed E-state index contributed by atoms with van der Waals surface area (Å²) < 4.78 is 34.2. The third-order valence-corrected chi connectivity index (χ3v) is 6.14. The summed E-state index contributed by atoms with van der Waals surface area (Å²) in [6.45, 7) is 1.82. The molecule has 20 heavy (non-hydrogen) atoms. The Labute approximate surface area is 119 Å². The number of carbonyl (C=O) groups is 1. The average molecular weight is 303 g/mol. The van der Waals surface area contributed by atoms with E-state index in [-0.39, 0.29) is 35.7 Å². The highest BCUT2D eigenvalue weighted by Crippen LogP contribution is 2.28. The fraction of sp³-hybridized carbons (Fsp3) is 0.923. The van der Waals surface area contributed by atoms with Gasteiger partial charge < -0.3 is 14.4 Å². The highest BCUT2D eigenvalue weighted by atomic mass is 32.2. The van der Waals surface area contributed by atoms with Crippen molar-refractivity contribution in [2.75, 3.05) is 31.3 Å². The molecule has 0 radical (unpaired) electrons. The zero-order valence-electron chi connectivity index (χ0n) is 11.5. The molecular formula is C13H21NO5S. The van der Waals surface area contributed by atoms with Gasteiger partial charge in [-0.2, -0.15) is 0 Å². The van der Waals surface area contributed by atoms with E-state index in [1.165, 1.54) is 0 Å². The topological polar surface area (TPSA) is 72.9 Å². The molecule has 2 unspecified atom stereocenters. The van der Waals surface area contributed by atoms with Gasteiger partial charge in [0.1, 0.15) is 0 Å². The number of likely N-dealkylation sites (tertiary alicyclic amines) is 1. The molecule has 0 bridgehead atoms. The summed E-state index contributed by atoms with van der Waals surface area (Å²) in [5.41, 5.74) is 0. The number of nitrogens with zero attached hydrogens (tertiary/aromatic N) is 1. The number of amides is 1. The van der Waals surface area contributed by atoms with Crippen LogP contribution in [0.25, 0.3) is 0 Å². The van der Waals surface area contributed by atoms with E-state index in [9.17, 15) is 13.2 Å². The molecule has 0 spiro atoms. The minimum Gasteiger partial charge on any atom is -0.348 e. The molecule has 6 nitrogen and oxygen atoms in total. The predicted molar refractivity (Wildman–Crippen MR) is 71.8 cm³/mol. The van der Waals surface area contributed by atoms with Gasteiger partial charge in [-0.25, -0.2) is 8.42 Å². The fourth-order valence-electron chi connectivity index (χ4n) is 3.34. The van der Waals surface area contributed by atoms with E-state index in [0.29, 0.717) is 26.2 Å². The molecule has 3 heterocycles. The van der Waals surface area contributed by atoms with E-state index in [4.69, 9.17) is 9.47 Å². The number of ether oxygens (including phenoxy) is 2. The van der Waals surface area contributed by atoms with E-state index in [2.05, 4.69) is 0 Å². The number of carbonyl (C=O) groups excluding carboxylic acids is 1. The van der Waals surface area contributed by atoms with Gasteiger partial charge in [-0.15, -0.1) is 0 Å². The lowest BCUT2D eigenvalue weighted by atomic mass is 9.98. The highest BCUT2D eigenvalue weighted by Gasteiger charge is 2.41. The maximum absolute atomic E-state index is 12.6. The molecule has 0 N–H and O–H groups in total. The first-order chi connectivity index (χ1) is 9.57. The third kappa shape index (κ3) is 2.84. The van der Waals surface area contributed by atoms with E-state index >= 15 is 0 Å². The van der Waals surface area contributed by atoms with Crippen molar-refractivity contribution >= 4 is 15.7 Å². The maximum Gasteiger partial charge on any atom is 0.227 e. The molecular weight excluding hydrogens is 282 g/mol. The number of piperidine rings is 1. The maximum atomic E-state index is 12.6. The SMILES string of the molecule is O=C(C1CCS(=O)(=O)C1)N1CCCCC1C1OCCO1. The van der Waals surface area contributed by atoms with Crippen LogP contribution >= 0.6 is 0 Å². The van der Waals surface area contributed by atoms with Gasteiger partial charge in [0, 0.05) is 6.54 Å². The number of hydrogen-bond acceptors (Lipinski definition) is 5. The average Bonchev–Trinajstić information content (AvgIpc) is 3.07. The van der Waals surface area contributed by atoms with Crippen LogP contribution in [0.2, 0.25) is 0 Å². The predicted octanol–water partition coefficient (Wildman–Crippen LogP) is 0.175. The van der Waals surface area contributed by atoms with Crippen LogP contribution < -0.4 is 0 Å². The van der Waals surface area contributed by atoms with E-state index in [1.807, 2.05) is 4.90 Å². The second kappa shape index (κ2) is 5.61. The van der Waals surface area contributed by atoms with Crippen molar-refractivity contribution in [1.82, 2.24) is 4.90 Å². The Morgan fingerprint density at radius 3 is 2.50 bits per heavy atom. The van der Waals surface area contributed by atoms with Crippen molar-refractivity contribution in [2.24, 2.45) is 5.92 Å². The van der Waals surface area contributed by atoms with Crippen molar-refractivity contribution in [1.29, 1.82) is 0 Å². The lowest BCUT2D eigenvalue weighted by Crippen LogP contribution is -2.52. The fourth-order valence-corrected chi connectivity index (χ4v) is 5.07. The first-order valence-corrected chi connectivity index (χ1v) is 9.13. The molecule has 0 aliphatic carbocycles. The van der Waals surface area contributed by atoms with Gasteiger partial charge in [0.15, 0.2) is 16.1 Å². The molecule has 2 atom stereocenters. The van der Waals surface area contributed by atoms with Crippen molar-refractivity contribution < 1.29 is 22.7 Å². The first-order valence-electron chi connectivity index (χ1n) is 7.31. The third-order valence-electron chi connectivity index (χ3n) is 4.38. The summed E-state index contributed by atoms with van der Waals surface area (Å²) >= 11 is 0. The molecule has 7 heteroatoms. The molecule has 0 aromatic rings. The van der Waals surface area contributed by atoms with Crippen LogP contribution in [0.4, 0.5) is 0 Å². The lowest BCUT2D eigenvalue weighted by Gasteiger charge is -2.39. The summed E-state index contributed by atoms with van der Waals surface area (Å²) in [6.07, 6.45) is 3.01. The molecule has 0 aromatic heterocycles. The number of sulfone groups is 1. The summed E-state index contributed by atoms with van der Waals surface area (Å²) in [5, 5.41) is 0. The molecule has 0 aromatic carbocycles. The molecule has 0 saturated carbocycles. The molecule has 3 saturated heterocycles. The van der Waals surface area contributed by atoms with Crippen molar-refractivity contribution in [2.45, 2.75) is 38.0 Å². The van der Waals surface area contributed by atoms with Crippen LogP contribution in [0, 0.1) is 5.92 Å². The number of hydrogen-bond donors (Lipinski definition) is 0. The molecule has 114 valence electrons. The van der Waals surface area contributed by atoms with Gasteiger partial charge in [0.25, 0.3) is 0 Å². The van der Waals surface area contributed by atoms with Crippen molar-refractivity contribution in [3.8, 4) is 0 Å². The summed E-state index contributed by atoms with van der Waals surface area (Å²) in [6, 6.07) is -0.0537. The zero-order chi connectivity index (χ0) is 14.2. The van der Waals surface area contributed by atoms with Crippen molar-refractivity contribution in [3.05, 3.63) is 0 Å². The Morgan fingerprint density at radius 1 is 1.10 bits per heavy atom. The minimum absolute atomic E-state index is 0.00142. The van der Waals surface area contributed by atoms with Gasteiger partial charge in [0.05, 0.1) is 36.7 Å². The second-order valence-corrected chi connectivity index (χ2v) is 8.03.